The minimum Gasteiger partial charge on any atom is -0.493 e. The predicted octanol–water partition coefficient (Wildman–Crippen LogP) is 3.40. The molecule has 0 saturated heterocycles. The first-order valence-electron chi connectivity index (χ1n) is 8.62. The topological polar surface area (TPSA) is 69.2 Å². The predicted molar refractivity (Wildman–Crippen MR) is 106 cm³/mol. The zero-order valence-electron chi connectivity index (χ0n) is 15.8. The van der Waals surface area contributed by atoms with E-state index in [-0.39, 0.29) is 6.04 Å². The van der Waals surface area contributed by atoms with Crippen molar-refractivity contribution >= 4 is 15.9 Å². The molecule has 2 aromatic carbocycles. The van der Waals surface area contributed by atoms with Crippen LogP contribution in [0.2, 0.25) is 0 Å². The van der Waals surface area contributed by atoms with Crippen molar-refractivity contribution in [2.75, 3.05) is 35.0 Å². The summed E-state index contributed by atoms with van der Waals surface area (Å²) in [4.78, 5) is 0. The van der Waals surface area contributed by atoms with E-state index in [0.29, 0.717) is 33.0 Å². The van der Waals surface area contributed by atoms with Crippen LogP contribution in [0.3, 0.4) is 0 Å². The van der Waals surface area contributed by atoms with Gasteiger partial charge < -0.3 is 29.4 Å². The van der Waals surface area contributed by atoms with Crippen LogP contribution in [0.5, 0.6) is 23.0 Å². The molecule has 1 aliphatic heterocycles. The molecular formula is C20H24BrNO5. The number of hydrogen-bond donors (Lipinski definition) is 2. The molecule has 0 bridgehead atoms. The Morgan fingerprint density at radius 3 is 2.30 bits per heavy atom. The first-order valence-corrected chi connectivity index (χ1v) is 9.41. The van der Waals surface area contributed by atoms with Gasteiger partial charge in [-0.05, 0) is 58.2 Å². The van der Waals surface area contributed by atoms with Gasteiger partial charge in [0.2, 0.25) is 0 Å². The first-order chi connectivity index (χ1) is 13.0. The molecule has 146 valence electrons. The minimum absolute atomic E-state index is 0.289. The molecule has 0 saturated carbocycles. The Labute approximate surface area is 167 Å². The summed E-state index contributed by atoms with van der Waals surface area (Å²) in [7, 11) is 6.39. The monoisotopic (exact) mass is 437 g/mol. The van der Waals surface area contributed by atoms with Gasteiger partial charge in [0.05, 0.1) is 45.1 Å². The van der Waals surface area contributed by atoms with Gasteiger partial charge in [0.25, 0.3) is 0 Å². The molecule has 0 unspecified atom stereocenters. The van der Waals surface area contributed by atoms with Crippen LogP contribution in [0.1, 0.15) is 28.8 Å². The largest absolute Gasteiger partial charge is 0.493 e. The van der Waals surface area contributed by atoms with Crippen molar-refractivity contribution in [1.82, 2.24) is 5.32 Å². The number of aliphatic hydroxyl groups excluding tert-OH is 1. The van der Waals surface area contributed by atoms with Crippen molar-refractivity contribution in [3.8, 4) is 23.0 Å². The van der Waals surface area contributed by atoms with Gasteiger partial charge in [0.1, 0.15) is 0 Å². The molecule has 2 aromatic rings. The Bertz CT molecular complexity index is 827. The van der Waals surface area contributed by atoms with Crippen LogP contribution in [-0.2, 0) is 6.42 Å². The lowest BCUT2D eigenvalue weighted by Gasteiger charge is -2.32. The van der Waals surface area contributed by atoms with Crippen molar-refractivity contribution in [2.24, 2.45) is 0 Å². The molecule has 2 atom stereocenters. The summed E-state index contributed by atoms with van der Waals surface area (Å²) in [6.45, 7) is 0.759. The van der Waals surface area contributed by atoms with Crippen molar-refractivity contribution in [3.05, 3.63) is 45.4 Å². The van der Waals surface area contributed by atoms with Crippen LogP contribution < -0.4 is 24.3 Å². The molecule has 0 aliphatic carbocycles. The number of nitrogens with one attached hydrogen (secondary N) is 1. The fourth-order valence-corrected chi connectivity index (χ4v) is 4.23. The minimum atomic E-state index is -0.795. The van der Waals surface area contributed by atoms with Crippen LogP contribution in [0.15, 0.2) is 28.7 Å². The van der Waals surface area contributed by atoms with Crippen LogP contribution >= 0.6 is 15.9 Å². The number of methoxy groups -OCH3 is 4. The van der Waals surface area contributed by atoms with Crippen LogP contribution in [0.4, 0.5) is 0 Å². The summed E-state index contributed by atoms with van der Waals surface area (Å²) in [6.07, 6.45) is 0.0581. The molecule has 3 rings (SSSR count). The second-order valence-electron chi connectivity index (χ2n) is 6.24. The van der Waals surface area contributed by atoms with E-state index in [1.165, 1.54) is 0 Å². The van der Waals surface area contributed by atoms with E-state index >= 15 is 0 Å². The zero-order valence-corrected chi connectivity index (χ0v) is 17.4. The van der Waals surface area contributed by atoms with Gasteiger partial charge in [-0.3, -0.25) is 0 Å². The molecule has 1 heterocycles. The second-order valence-corrected chi connectivity index (χ2v) is 7.03. The number of hydrogen-bond acceptors (Lipinski definition) is 6. The third-order valence-corrected chi connectivity index (χ3v) is 5.71. The normalized spacial score (nSPS) is 17.0. The van der Waals surface area contributed by atoms with Gasteiger partial charge in [-0.25, -0.2) is 0 Å². The average molecular weight is 438 g/mol. The van der Waals surface area contributed by atoms with E-state index in [1.807, 2.05) is 18.2 Å². The third kappa shape index (κ3) is 3.59. The lowest BCUT2D eigenvalue weighted by Crippen LogP contribution is -2.34. The van der Waals surface area contributed by atoms with E-state index in [0.717, 1.165) is 24.1 Å². The molecule has 1 aliphatic rings. The SMILES string of the molecule is COc1cc2c(cc1OC)[C@H]([C@@H](O)c1ccc(OC)c(OC)c1Br)NCC2. The van der Waals surface area contributed by atoms with Crippen LogP contribution in [0, 0.1) is 0 Å². The highest BCUT2D eigenvalue weighted by atomic mass is 79.9. The Balaban J connectivity index is 2.04. The van der Waals surface area contributed by atoms with Crippen molar-refractivity contribution < 1.29 is 24.1 Å². The van der Waals surface area contributed by atoms with Gasteiger partial charge in [-0.1, -0.05) is 6.07 Å². The van der Waals surface area contributed by atoms with E-state index in [4.69, 9.17) is 18.9 Å². The third-order valence-electron chi connectivity index (χ3n) is 4.89. The molecule has 6 nitrogen and oxygen atoms in total. The zero-order chi connectivity index (χ0) is 19.6. The summed E-state index contributed by atoms with van der Waals surface area (Å²) in [5.41, 5.74) is 2.84. The maximum absolute atomic E-state index is 11.2. The number of ether oxygens (including phenoxy) is 4. The van der Waals surface area contributed by atoms with Crippen molar-refractivity contribution in [2.45, 2.75) is 18.6 Å². The lowest BCUT2D eigenvalue weighted by atomic mass is 9.88. The molecule has 0 aromatic heterocycles. The number of aliphatic hydroxyl groups is 1. The Morgan fingerprint density at radius 2 is 1.67 bits per heavy atom. The lowest BCUT2D eigenvalue weighted by molar-refractivity contribution is 0.124. The number of fused-ring (bicyclic) bond motifs is 1. The van der Waals surface area contributed by atoms with Gasteiger partial charge >= 0.3 is 0 Å². The van der Waals surface area contributed by atoms with E-state index < -0.39 is 6.10 Å². The fourth-order valence-electron chi connectivity index (χ4n) is 3.51. The van der Waals surface area contributed by atoms with Crippen LogP contribution in [0.25, 0.3) is 0 Å². The smallest absolute Gasteiger partial charge is 0.175 e. The van der Waals surface area contributed by atoms with E-state index in [1.54, 1.807) is 34.5 Å². The fraction of sp³-hybridized carbons (Fsp3) is 0.400. The molecule has 27 heavy (non-hydrogen) atoms. The maximum atomic E-state index is 11.2. The second kappa shape index (κ2) is 8.37. The van der Waals surface area contributed by atoms with Gasteiger partial charge in [-0.2, -0.15) is 0 Å². The van der Waals surface area contributed by atoms with Gasteiger partial charge in [0.15, 0.2) is 23.0 Å². The number of benzene rings is 2. The highest BCUT2D eigenvalue weighted by molar-refractivity contribution is 9.10. The molecule has 0 fully saturated rings. The van der Waals surface area contributed by atoms with Gasteiger partial charge in [0, 0.05) is 5.56 Å². The summed E-state index contributed by atoms with van der Waals surface area (Å²) >= 11 is 3.55. The van der Waals surface area contributed by atoms with Crippen molar-refractivity contribution in [3.63, 3.8) is 0 Å². The number of halogens is 1. The van der Waals surface area contributed by atoms with E-state index in [2.05, 4.69) is 21.2 Å². The summed E-state index contributed by atoms with van der Waals surface area (Å²) in [6, 6.07) is 7.26. The molecule has 0 spiro atoms. The molecule has 7 heteroatoms. The Morgan fingerprint density at radius 1 is 1.00 bits per heavy atom. The Hall–Kier alpha value is -1.96. The average Bonchev–Trinajstić information content (AvgIpc) is 2.71. The first kappa shape index (κ1) is 19.8. The molecule has 0 radical (unpaired) electrons. The van der Waals surface area contributed by atoms with E-state index in [9.17, 15) is 5.11 Å². The standard InChI is InChI=1S/C20H24BrNO5/c1-24-14-6-5-12(17(21)20(14)27-4)19(23)18-13-10-16(26-3)15(25-2)9-11(13)7-8-22-18/h5-6,9-10,18-19,22-23H,7-8H2,1-4H3/t18-,19+/m1/s1. The summed E-state index contributed by atoms with van der Waals surface area (Å²) in [5, 5.41) is 14.6. The molecular weight excluding hydrogens is 414 g/mol. The maximum Gasteiger partial charge on any atom is 0.175 e. The quantitative estimate of drug-likeness (QED) is 0.721. The van der Waals surface area contributed by atoms with Gasteiger partial charge in [-0.15, -0.1) is 0 Å². The molecule has 0 amide bonds. The number of rotatable bonds is 6. The summed E-state index contributed by atoms with van der Waals surface area (Å²) in [5.74, 6) is 2.49. The van der Waals surface area contributed by atoms with Crippen molar-refractivity contribution in [1.29, 1.82) is 0 Å². The highest BCUT2D eigenvalue weighted by Crippen LogP contribution is 2.45. The highest BCUT2D eigenvalue weighted by Gasteiger charge is 2.31. The Kier molecular flexibility index (Phi) is 6.14. The molecule has 2 N–H and O–H groups in total. The van der Waals surface area contributed by atoms with Crippen LogP contribution in [-0.4, -0.2) is 40.1 Å². The summed E-state index contributed by atoms with van der Waals surface area (Å²) < 4.78 is 22.3.